The average Bonchev–Trinajstić information content (AvgIpc) is 3.04. The number of nitrogens with one attached hydrogen (secondary N) is 1. The summed E-state index contributed by atoms with van der Waals surface area (Å²) < 4.78 is 1.75. The van der Waals surface area contributed by atoms with Crippen molar-refractivity contribution in [1.82, 2.24) is 35.0 Å². The third kappa shape index (κ3) is 3.00. The van der Waals surface area contributed by atoms with Gasteiger partial charge < -0.3 is 10.2 Å². The van der Waals surface area contributed by atoms with Crippen molar-refractivity contribution in [3.05, 3.63) is 36.8 Å². The predicted octanol–water partition coefficient (Wildman–Crippen LogP) is 0.552. The van der Waals surface area contributed by atoms with Crippen LogP contribution in [-0.2, 0) is 7.05 Å². The summed E-state index contributed by atoms with van der Waals surface area (Å²) in [4.78, 5) is 30.9. The third-order valence-electron chi connectivity index (χ3n) is 4.45. The molecule has 1 aliphatic heterocycles. The van der Waals surface area contributed by atoms with Crippen molar-refractivity contribution in [2.75, 3.05) is 18.0 Å². The van der Waals surface area contributed by atoms with E-state index in [1.807, 2.05) is 7.05 Å². The Hall–Kier alpha value is -3.10. The minimum atomic E-state index is -0.155. The van der Waals surface area contributed by atoms with Crippen LogP contribution < -0.4 is 10.2 Å². The molecule has 0 aromatic carbocycles. The maximum absolute atomic E-state index is 12.2. The van der Waals surface area contributed by atoms with Crippen LogP contribution in [0.15, 0.2) is 31.1 Å². The maximum Gasteiger partial charge on any atom is 0.270 e. The van der Waals surface area contributed by atoms with Gasteiger partial charge >= 0.3 is 0 Å². The molecule has 9 heteroatoms. The fourth-order valence-corrected chi connectivity index (χ4v) is 3.12. The monoisotopic (exact) mass is 338 g/mol. The van der Waals surface area contributed by atoms with E-state index in [4.69, 9.17) is 0 Å². The number of aryl methyl sites for hydroxylation is 1. The second-order valence-electron chi connectivity index (χ2n) is 6.03. The highest BCUT2D eigenvalue weighted by Crippen LogP contribution is 2.25. The number of rotatable bonds is 3. The van der Waals surface area contributed by atoms with Gasteiger partial charge in [-0.05, 0) is 18.9 Å². The first kappa shape index (κ1) is 15.4. The van der Waals surface area contributed by atoms with Crippen LogP contribution >= 0.6 is 0 Å². The molecule has 1 saturated heterocycles. The van der Waals surface area contributed by atoms with Crippen LogP contribution in [0.3, 0.4) is 0 Å². The first-order valence-electron chi connectivity index (χ1n) is 8.17. The Morgan fingerprint density at radius 3 is 2.80 bits per heavy atom. The molecule has 1 N–H and O–H groups in total. The van der Waals surface area contributed by atoms with Gasteiger partial charge in [-0.15, -0.1) is 0 Å². The molecule has 128 valence electrons. The second kappa shape index (κ2) is 6.42. The zero-order chi connectivity index (χ0) is 17.2. The number of hydrogen-bond donors (Lipinski definition) is 1. The Labute approximate surface area is 144 Å². The molecule has 1 amide bonds. The van der Waals surface area contributed by atoms with Gasteiger partial charge in [0, 0.05) is 32.4 Å². The van der Waals surface area contributed by atoms with E-state index in [1.54, 1.807) is 29.5 Å². The lowest BCUT2D eigenvalue weighted by Crippen LogP contribution is -2.45. The van der Waals surface area contributed by atoms with Crippen molar-refractivity contribution in [1.29, 1.82) is 0 Å². The van der Waals surface area contributed by atoms with Crippen LogP contribution in [0.5, 0.6) is 0 Å². The Balaban J connectivity index is 1.42. The van der Waals surface area contributed by atoms with Crippen LogP contribution in [0, 0.1) is 0 Å². The van der Waals surface area contributed by atoms with Crippen LogP contribution in [-0.4, -0.2) is 54.8 Å². The van der Waals surface area contributed by atoms with Gasteiger partial charge in [0.2, 0.25) is 0 Å². The average molecular weight is 338 g/mol. The minimum Gasteiger partial charge on any atom is -0.356 e. The minimum absolute atomic E-state index is 0.130. The summed E-state index contributed by atoms with van der Waals surface area (Å²) in [6, 6.07) is 1.75. The quantitative estimate of drug-likeness (QED) is 0.744. The maximum atomic E-state index is 12.2. The van der Waals surface area contributed by atoms with Gasteiger partial charge in [-0.25, -0.2) is 19.9 Å². The molecule has 0 spiro atoms. The number of aromatic nitrogens is 6. The summed E-state index contributed by atoms with van der Waals surface area (Å²) in [5, 5.41) is 8.25. The fourth-order valence-electron chi connectivity index (χ4n) is 3.12. The molecule has 0 bridgehead atoms. The highest BCUT2D eigenvalue weighted by atomic mass is 16.1. The summed E-state index contributed by atoms with van der Waals surface area (Å²) in [7, 11) is 1.87. The summed E-state index contributed by atoms with van der Waals surface area (Å²) in [6.07, 6.45) is 8.02. The lowest BCUT2D eigenvalue weighted by molar-refractivity contribution is 0.0926. The number of fused-ring (bicyclic) bond motifs is 1. The molecular weight excluding hydrogens is 320 g/mol. The van der Waals surface area contributed by atoms with E-state index in [9.17, 15) is 4.79 Å². The van der Waals surface area contributed by atoms with Gasteiger partial charge in [-0.3, -0.25) is 9.48 Å². The van der Waals surface area contributed by atoms with E-state index in [0.29, 0.717) is 5.69 Å². The number of amides is 1. The zero-order valence-electron chi connectivity index (χ0n) is 13.8. The Morgan fingerprint density at radius 1 is 1.20 bits per heavy atom. The van der Waals surface area contributed by atoms with E-state index in [0.717, 1.165) is 42.8 Å². The van der Waals surface area contributed by atoms with E-state index in [2.05, 4.69) is 35.3 Å². The molecule has 0 unspecified atom stereocenters. The van der Waals surface area contributed by atoms with Crippen LogP contribution in [0.2, 0.25) is 0 Å². The van der Waals surface area contributed by atoms with Crippen molar-refractivity contribution in [3.63, 3.8) is 0 Å². The molecule has 3 aromatic rings. The summed E-state index contributed by atoms with van der Waals surface area (Å²) in [6.45, 7) is 1.63. The smallest absolute Gasteiger partial charge is 0.270 e. The molecular formula is C16H18N8O. The number of piperidine rings is 1. The SMILES string of the molecule is Cn1ncc2c(N3CCC(NC(=O)c4ccncn4)CC3)ncnc21. The molecule has 4 rings (SSSR count). The second-order valence-corrected chi connectivity index (χ2v) is 6.03. The standard InChI is InChI=1S/C16H18N8O/c1-23-14-12(8-21-23)15(20-10-19-14)24-6-3-11(4-7-24)22-16(25)13-2-5-17-9-18-13/h2,5,8-11H,3-4,6-7H2,1H3,(H,22,25). The molecule has 0 saturated carbocycles. The van der Waals surface area contributed by atoms with Gasteiger partial charge in [-0.2, -0.15) is 5.10 Å². The topological polar surface area (TPSA) is 102 Å². The normalized spacial score (nSPS) is 15.5. The molecule has 4 heterocycles. The molecule has 9 nitrogen and oxygen atoms in total. The van der Waals surface area contributed by atoms with Crippen molar-refractivity contribution in [2.45, 2.75) is 18.9 Å². The van der Waals surface area contributed by atoms with E-state index in [-0.39, 0.29) is 11.9 Å². The lowest BCUT2D eigenvalue weighted by atomic mass is 10.0. The van der Waals surface area contributed by atoms with Crippen LogP contribution in [0.1, 0.15) is 23.3 Å². The van der Waals surface area contributed by atoms with E-state index in [1.165, 1.54) is 6.33 Å². The number of hydrogen-bond acceptors (Lipinski definition) is 7. The van der Waals surface area contributed by atoms with Crippen molar-refractivity contribution < 1.29 is 4.79 Å². The molecule has 1 aliphatic rings. The van der Waals surface area contributed by atoms with Crippen LogP contribution in [0.4, 0.5) is 5.82 Å². The molecule has 0 atom stereocenters. The Bertz CT molecular complexity index is 886. The number of anilines is 1. The van der Waals surface area contributed by atoms with Crippen molar-refractivity contribution in [3.8, 4) is 0 Å². The van der Waals surface area contributed by atoms with Gasteiger partial charge in [0.1, 0.15) is 24.2 Å². The van der Waals surface area contributed by atoms with Gasteiger partial charge in [0.25, 0.3) is 5.91 Å². The summed E-state index contributed by atoms with van der Waals surface area (Å²) in [5.41, 5.74) is 1.22. The Kier molecular flexibility index (Phi) is 3.96. The van der Waals surface area contributed by atoms with E-state index < -0.39 is 0 Å². The number of nitrogens with zero attached hydrogens (tertiary/aromatic N) is 7. The molecule has 0 aliphatic carbocycles. The first-order valence-corrected chi connectivity index (χ1v) is 8.17. The van der Waals surface area contributed by atoms with Gasteiger partial charge in [0.05, 0.1) is 11.6 Å². The number of carbonyl (C=O) groups excluding carboxylic acids is 1. The molecule has 0 radical (unpaired) electrons. The third-order valence-corrected chi connectivity index (χ3v) is 4.45. The highest BCUT2D eigenvalue weighted by Gasteiger charge is 2.24. The van der Waals surface area contributed by atoms with Gasteiger partial charge in [0.15, 0.2) is 5.65 Å². The molecule has 1 fully saturated rings. The molecule has 3 aromatic heterocycles. The summed E-state index contributed by atoms with van der Waals surface area (Å²) in [5.74, 6) is 0.746. The predicted molar refractivity (Wildman–Crippen MR) is 91.0 cm³/mol. The first-order chi connectivity index (χ1) is 12.2. The van der Waals surface area contributed by atoms with E-state index >= 15 is 0 Å². The largest absolute Gasteiger partial charge is 0.356 e. The lowest BCUT2D eigenvalue weighted by Gasteiger charge is -2.33. The van der Waals surface area contributed by atoms with Crippen molar-refractivity contribution >= 4 is 22.8 Å². The Morgan fingerprint density at radius 2 is 2.04 bits per heavy atom. The fraction of sp³-hybridized carbons (Fsp3) is 0.375. The molecule has 25 heavy (non-hydrogen) atoms. The summed E-state index contributed by atoms with van der Waals surface area (Å²) >= 11 is 0. The van der Waals surface area contributed by atoms with Crippen molar-refractivity contribution in [2.24, 2.45) is 7.05 Å². The van der Waals surface area contributed by atoms with Gasteiger partial charge in [-0.1, -0.05) is 0 Å². The van der Waals surface area contributed by atoms with Crippen LogP contribution in [0.25, 0.3) is 11.0 Å². The number of carbonyl (C=O) groups is 1. The highest BCUT2D eigenvalue weighted by molar-refractivity contribution is 5.92. The zero-order valence-corrected chi connectivity index (χ0v) is 13.8.